The summed E-state index contributed by atoms with van der Waals surface area (Å²) in [7, 11) is 1.81. The molecule has 0 aliphatic rings. The number of hydrogen-bond donors (Lipinski definition) is 3. The fraction of sp³-hybridized carbons (Fsp3) is 0.800. The van der Waals surface area contributed by atoms with Crippen LogP contribution in [0.2, 0.25) is 0 Å². The van der Waals surface area contributed by atoms with E-state index >= 15 is 0 Å². The molecule has 88 valence electrons. The molecule has 0 aliphatic heterocycles. The Morgan fingerprint density at radius 1 is 1.33 bits per heavy atom. The quantitative estimate of drug-likeness (QED) is 0.532. The Morgan fingerprint density at radius 2 is 1.93 bits per heavy atom. The van der Waals surface area contributed by atoms with Crippen LogP contribution in [0, 0.1) is 5.92 Å². The van der Waals surface area contributed by atoms with Crippen molar-refractivity contribution in [3.63, 3.8) is 0 Å². The monoisotopic (exact) mass is 216 g/mol. The first-order valence-corrected chi connectivity index (χ1v) is 5.15. The van der Waals surface area contributed by atoms with Gasteiger partial charge >= 0.3 is 5.97 Å². The van der Waals surface area contributed by atoms with Gasteiger partial charge in [0.15, 0.2) is 0 Å². The molecule has 0 aromatic heterocycles. The predicted octanol–water partition coefficient (Wildman–Crippen LogP) is 0.211. The minimum absolute atomic E-state index is 0.101. The summed E-state index contributed by atoms with van der Waals surface area (Å²) in [6, 6.07) is -0.785. The van der Waals surface area contributed by atoms with Gasteiger partial charge in [-0.15, -0.1) is 0 Å². The number of nitrogens with one attached hydrogen (secondary N) is 2. The average Bonchev–Trinajstić information content (AvgIpc) is 2.13. The van der Waals surface area contributed by atoms with Crippen molar-refractivity contribution >= 4 is 11.9 Å². The van der Waals surface area contributed by atoms with E-state index in [1.54, 1.807) is 13.8 Å². The number of carbonyl (C=O) groups is 2. The Morgan fingerprint density at radius 3 is 2.33 bits per heavy atom. The maximum atomic E-state index is 11.3. The molecule has 0 fully saturated rings. The van der Waals surface area contributed by atoms with Gasteiger partial charge in [-0.25, -0.2) is 4.79 Å². The van der Waals surface area contributed by atoms with E-state index in [-0.39, 0.29) is 11.8 Å². The van der Waals surface area contributed by atoms with Crippen molar-refractivity contribution in [1.29, 1.82) is 0 Å². The van der Waals surface area contributed by atoms with E-state index in [9.17, 15) is 9.59 Å². The van der Waals surface area contributed by atoms with Crippen LogP contribution in [0.1, 0.15) is 26.7 Å². The highest BCUT2D eigenvalue weighted by atomic mass is 16.4. The van der Waals surface area contributed by atoms with Crippen LogP contribution < -0.4 is 10.6 Å². The van der Waals surface area contributed by atoms with E-state index in [4.69, 9.17) is 5.11 Å². The van der Waals surface area contributed by atoms with Gasteiger partial charge in [0.25, 0.3) is 0 Å². The van der Waals surface area contributed by atoms with Gasteiger partial charge in [-0.1, -0.05) is 13.8 Å². The fourth-order valence-electron chi connectivity index (χ4n) is 1.18. The third-order valence-electron chi connectivity index (χ3n) is 2.08. The number of carbonyl (C=O) groups excluding carboxylic acids is 1. The van der Waals surface area contributed by atoms with Crippen LogP contribution in [0.5, 0.6) is 0 Å². The Labute approximate surface area is 90.2 Å². The van der Waals surface area contributed by atoms with Gasteiger partial charge in [0.1, 0.15) is 6.04 Å². The predicted molar refractivity (Wildman–Crippen MR) is 57.6 cm³/mol. The van der Waals surface area contributed by atoms with Crippen molar-refractivity contribution in [2.45, 2.75) is 32.7 Å². The first kappa shape index (κ1) is 13.9. The first-order valence-electron chi connectivity index (χ1n) is 5.15. The van der Waals surface area contributed by atoms with Crippen LogP contribution in [0.4, 0.5) is 0 Å². The molecule has 5 heteroatoms. The van der Waals surface area contributed by atoms with E-state index in [2.05, 4.69) is 10.6 Å². The molecule has 0 rings (SSSR count). The standard InChI is InChI=1S/C10H20N2O3/c1-7(2)9(10(14)15)12-8(13)5-4-6-11-3/h7,9,11H,4-6H2,1-3H3,(H,12,13)(H,14,15)/t9-/m0/s1. The molecule has 0 saturated heterocycles. The summed E-state index contributed by atoms with van der Waals surface area (Å²) < 4.78 is 0. The molecule has 0 bridgehead atoms. The summed E-state index contributed by atoms with van der Waals surface area (Å²) in [4.78, 5) is 22.1. The molecule has 15 heavy (non-hydrogen) atoms. The topological polar surface area (TPSA) is 78.4 Å². The highest BCUT2D eigenvalue weighted by Crippen LogP contribution is 2.02. The molecule has 1 amide bonds. The van der Waals surface area contributed by atoms with Crippen LogP contribution in [0.3, 0.4) is 0 Å². The van der Waals surface area contributed by atoms with Gasteiger partial charge in [0.05, 0.1) is 0 Å². The molecule has 0 aromatic carbocycles. The maximum absolute atomic E-state index is 11.3. The summed E-state index contributed by atoms with van der Waals surface area (Å²) in [5, 5.41) is 14.3. The molecule has 0 saturated carbocycles. The lowest BCUT2D eigenvalue weighted by molar-refractivity contribution is -0.143. The Kier molecular flexibility index (Phi) is 6.70. The van der Waals surface area contributed by atoms with E-state index in [0.29, 0.717) is 12.8 Å². The molecule has 5 nitrogen and oxygen atoms in total. The van der Waals surface area contributed by atoms with Gasteiger partial charge in [-0.2, -0.15) is 0 Å². The molecular weight excluding hydrogens is 196 g/mol. The molecule has 0 aliphatic carbocycles. The minimum Gasteiger partial charge on any atom is -0.480 e. The van der Waals surface area contributed by atoms with Gasteiger partial charge in [-0.05, 0) is 25.9 Å². The zero-order valence-electron chi connectivity index (χ0n) is 9.54. The highest BCUT2D eigenvalue weighted by Gasteiger charge is 2.22. The second-order valence-corrected chi connectivity index (χ2v) is 3.83. The van der Waals surface area contributed by atoms with Crippen LogP contribution in [-0.4, -0.2) is 36.6 Å². The second-order valence-electron chi connectivity index (χ2n) is 3.83. The second kappa shape index (κ2) is 7.23. The normalized spacial score (nSPS) is 12.5. The summed E-state index contributed by atoms with van der Waals surface area (Å²) in [6.45, 7) is 4.30. The van der Waals surface area contributed by atoms with Crippen molar-refractivity contribution in [3.05, 3.63) is 0 Å². The fourth-order valence-corrected chi connectivity index (χ4v) is 1.18. The summed E-state index contributed by atoms with van der Waals surface area (Å²) in [6.07, 6.45) is 1.07. The van der Waals surface area contributed by atoms with Crippen LogP contribution >= 0.6 is 0 Å². The highest BCUT2D eigenvalue weighted by molar-refractivity contribution is 5.83. The molecule has 0 spiro atoms. The molecule has 0 aromatic rings. The smallest absolute Gasteiger partial charge is 0.326 e. The number of rotatable bonds is 7. The lowest BCUT2D eigenvalue weighted by Gasteiger charge is -2.17. The van der Waals surface area contributed by atoms with Crippen LogP contribution in [0.15, 0.2) is 0 Å². The van der Waals surface area contributed by atoms with Crippen LogP contribution in [0.25, 0.3) is 0 Å². The van der Waals surface area contributed by atoms with Crippen molar-refractivity contribution in [2.75, 3.05) is 13.6 Å². The number of carboxylic acid groups (broad SMARTS) is 1. The van der Waals surface area contributed by atoms with E-state index < -0.39 is 12.0 Å². The summed E-state index contributed by atoms with van der Waals surface area (Å²) in [5.41, 5.74) is 0. The van der Waals surface area contributed by atoms with E-state index in [0.717, 1.165) is 6.54 Å². The first-order chi connectivity index (χ1) is 6.99. The SMILES string of the molecule is CNCCCC(=O)N[C@H](C(=O)O)C(C)C. The summed E-state index contributed by atoms with van der Waals surface area (Å²) in [5.74, 6) is -1.28. The van der Waals surface area contributed by atoms with Crippen molar-refractivity contribution < 1.29 is 14.7 Å². The third kappa shape index (κ3) is 6.06. The Bertz CT molecular complexity index is 217. The number of hydrogen-bond acceptors (Lipinski definition) is 3. The van der Waals surface area contributed by atoms with E-state index in [1.807, 2.05) is 7.05 Å². The van der Waals surface area contributed by atoms with Crippen LogP contribution in [-0.2, 0) is 9.59 Å². The van der Waals surface area contributed by atoms with Gasteiger partial charge in [0, 0.05) is 6.42 Å². The van der Waals surface area contributed by atoms with Crippen molar-refractivity contribution in [3.8, 4) is 0 Å². The molecule has 3 N–H and O–H groups in total. The molecule has 1 atom stereocenters. The molecular formula is C10H20N2O3. The number of aliphatic carboxylic acids is 1. The van der Waals surface area contributed by atoms with Gasteiger partial charge in [0.2, 0.25) is 5.91 Å². The number of amides is 1. The average molecular weight is 216 g/mol. The van der Waals surface area contributed by atoms with Crippen molar-refractivity contribution in [1.82, 2.24) is 10.6 Å². The molecule has 0 unspecified atom stereocenters. The van der Waals surface area contributed by atoms with Gasteiger partial charge < -0.3 is 15.7 Å². The van der Waals surface area contributed by atoms with E-state index in [1.165, 1.54) is 0 Å². The lowest BCUT2D eigenvalue weighted by atomic mass is 10.0. The number of carboxylic acids is 1. The third-order valence-corrected chi connectivity index (χ3v) is 2.08. The minimum atomic E-state index is -0.980. The Balaban J connectivity index is 3.95. The maximum Gasteiger partial charge on any atom is 0.326 e. The zero-order chi connectivity index (χ0) is 11.8. The van der Waals surface area contributed by atoms with Crippen molar-refractivity contribution in [2.24, 2.45) is 5.92 Å². The molecule has 0 radical (unpaired) electrons. The van der Waals surface area contributed by atoms with Gasteiger partial charge in [-0.3, -0.25) is 4.79 Å². The largest absolute Gasteiger partial charge is 0.480 e. The Hall–Kier alpha value is -1.10. The summed E-state index contributed by atoms with van der Waals surface area (Å²) >= 11 is 0. The zero-order valence-corrected chi connectivity index (χ0v) is 9.54. The molecule has 0 heterocycles. The lowest BCUT2D eigenvalue weighted by Crippen LogP contribution is -2.44.